The minimum atomic E-state index is -0.900. The van der Waals surface area contributed by atoms with Crippen LogP contribution < -0.4 is 10.6 Å². The van der Waals surface area contributed by atoms with E-state index >= 15 is 0 Å². The van der Waals surface area contributed by atoms with Gasteiger partial charge in [0.15, 0.2) is 5.78 Å². The standard InChI is InChI=1S/C23H19N3O4/c1-12(27)13-6-8-15(9-7-13)26-22(29)17-18(23(26)30)20(21(24)28)25-11-10-14-4-2-3-5-16(14)19(17)25/h2-11,17-20H,1H3,(H2,24,28)/t17-,18+,19?,20-/m0/s1. The van der Waals surface area contributed by atoms with Gasteiger partial charge in [-0.05, 0) is 48.4 Å². The van der Waals surface area contributed by atoms with E-state index < -0.39 is 35.7 Å². The molecule has 0 spiro atoms. The van der Waals surface area contributed by atoms with Gasteiger partial charge in [0.2, 0.25) is 17.7 Å². The molecule has 5 rings (SSSR count). The summed E-state index contributed by atoms with van der Waals surface area (Å²) in [6.07, 6.45) is 3.63. The lowest BCUT2D eigenvalue weighted by atomic mass is 9.84. The minimum absolute atomic E-state index is 0.104. The number of imide groups is 1. The zero-order valence-electron chi connectivity index (χ0n) is 16.2. The Morgan fingerprint density at radius 2 is 1.60 bits per heavy atom. The Balaban J connectivity index is 1.60. The predicted molar refractivity (Wildman–Crippen MR) is 109 cm³/mol. The van der Waals surface area contributed by atoms with Gasteiger partial charge in [-0.3, -0.25) is 19.2 Å². The van der Waals surface area contributed by atoms with Gasteiger partial charge in [0.05, 0.1) is 23.6 Å². The van der Waals surface area contributed by atoms with Gasteiger partial charge in [0.25, 0.3) is 0 Å². The highest BCUT2D eigenvalue weighted by Crippen LogP contribution is 2.52. The lowest BCUT2D eigenvalue weighted by molar-refractivity contribution is -0.129. The highest BCUT2D eigenvalue weighted by atomic mass is 16.2. The zero-order chi connectivity index (χ0) is 21.2. The molecule has 4 atom stereocenters. The van der Waals surface area contributed by atoms with Gasteiger partial charge >= 0.3 is 0 Å². The van der Waals surface area contributed by atoms with E-state index in [1.54, 1.807) is 35.4 Å². The Morgan fingerprint density at radius 3 is 2.27 bits per heavy atom. The number of carbonyl (C=O) groups is 4. The molecule has 2 saturated heterocycles. The van der Waals surface area contributed by atoms with Crippen LogP contribution in [-0.4, -0.2) is 34.4 Å². The molecule has 2 aromatic carbocycles. The predicted octanol–water partition coefficient (Wildman–Crippen LogP) is 1.89. The molecule has 2 aromatic rings. The molecule has 3 aliphatic heterocycles. The SMILES string of the molecule is CC(=O)c1ccc(N2C(=O)[C@@H]3[C@H](C2=O)C2c4ccccc4C=CN2[C@@H]3C(N)=O)cc1. The maximum absolute atomic E-state index is 13.5. The fraction of sp³-hybridized carbons (Fsp3) is 0.217. The van der Waals surface area contributed by atoms with Crippen molar-refractivity contribution in [3.05, 3.63) is 71.4 Å². The number of benzene rings is 2. The molecular formula is C23H19N3O4. The van der Waals surface area contributed by atoms with Crippen LogP contribution in [0.5, 0.6) is 0 Å². The lowest BCUT2D eigenvalue weighted by Crippen LogP contribution is -2.46. The molecular weight excluding hydrogens is 382 g/mol. The second kappa shape index (κ2) is 6.38. The molecule has 0 aliphatic carbocycles. The lowest BCUT2D eigenvalue weighted by Gasteiger charge is -2.34. The van der Waals surface area contributed by atoms with E-state index in [-0.39, 0.29) is 11.7 Å². The van der Waals surface area contributed by atoms with Gasteiger partial charge in [-0.1, -0.05) is 24.3 Å². The number of hydrogen-bond acceptors (Lipinski definition) is 5. The number of Topliss-reactive ketones (excluding diaryl/α,β-unsaturated/α-hetero) is 1. The molecule has 0 bridgehead atoms. The first-order valence-corrected chi connectivity index (χ1v) is 9.73. The Labute approximate surface area is 172 Å². The van der Waals surface area contributed by atoms with Crippen molar-refractivity contribution in [3.63, 3.8) is 0 Å². The highest BCUT2D eigenvalue weighted by Gasteiger charge is 2.64. The van der Waals surface area contributed by atoms with Gasteiger partial charge < -0.3 is 10.6 Å². The summed E-state index contributed by atoms with van der Waals surface area (Å²) in [5.74, 6) is -3.11. The number of amides is 3. The van der Waals surface area contributed by atoms with Gasteiger partial charge in [0.1, 0.15) is 6.04 Å². The molecule has 0 radical (unpaired) electrons. The maximum Gasteiger partial charge on any atom is 0.240 e. The number of nitrogens with zero attached hydrogens (tertiary/aromatic N) is 2. The molecule has 1 unspecified atom stereocenters. The molecule has 30 heavy (non-hydrogen) atoms. The summed E-state index contributed by atoms with van der Waals surface area (Å²) in [5.41, 5.74) is 8.42. The third-order valence-electron chi connectivity index (χ3n) is 6.29. The number of rotatable bonds is 3. The summed E-state index contributed by atoms with van der Waals surface area (Å²) in [4.78, 5) is 53.6. The number of anilines is 1. The van der Waals surface area contributed by atoms with Crippen LogP contribution >= 0.6 is 0 Å². The van der Waals surface area contributed by atoms with Crippen LogP contribution in [0.4, 0.5) is 5.69 Å². The maximum atomic E-state index is 13.5. The highest BCUT2D eigenvalue weighted by molar-refractivity contribution is 6.24. The van der Waals surface area contributed by atoms with Crippen LogP contribution in [0.1, 0.15) is 34.5 Å². The van der Waals surface area contributed by atoms with E-state index in [1.807, 2.05) is 30.3 Å². The fourth-order valence-corrected chi connectivity index (χ4v) is 4.98. The van der Waals surface area contributed by atoms with E-state index in [0.717, 1.165) is 16.0 Å². The first kappa shape index (κ1) is 18.3. The molecule has 3 heterocycles. The number of ketones is 1. The molecule has 7 nitrogen and oxygen atoms in total. The van der Waals surface area contributed by atoms with E-state index in [9.17, 15) is 19.2 Å². The van der Waals surface area contributed by atoms with Crippen molar-refractivity contribution < 1.29 is 19.2 Å². The van der Waals surface area contributed by atoms with Crippen molar-refractivity contribution in [1.29, 1.82) is 0 Å². The first-order chi connectivity index (χ1) is 14.4. The molecule has 2 fully saturated rings. The second-order valence-electron chi connectivity index (χ2n) is 7.85. The van der Waals surface area contributed by atoms with Crippen LogP contribution in [-0.2, 0) is 14.4 Å². The Kier molecular flexibility index (Phi) is 3.89. The summed E-state index contributed by atoms with van der Waals surface area (Å²) in [6, 6.07) is 12.6. The van der Waals surface area contributed by atoms with Gasteiger partial charge in [0, 0.05) is 11.8 Å². The molecule has 7 heteroatoms. The van der Waals surface area contributed by atoms with Crippen molar-refractivity contribution in [3.8, 4) is 0 Å². The van der Waals surface area contributed by atoms with Gasteiger partial charge in [-0.2, -0.15) is 0 Å². The summed E-state index contributed by atoms with van der Waals surface area (Å²) in [5, 5.41) is 0. The van der Waals surface area contributed by atoms with Crippen molar-refractivity contribution in [1.82, 2.24) is 4.90 Å². The zero-order valence-corrected chi connectivity index (χ0v) is 16.2. The second-order valence-corrected chi connectivity index (χ2v) is 7.85. The number of carbonyl (C=O) groups excluding carboxylic acids is 4. The van der Waals surface area contributed by atoms with Crippen molar-refractivity contribution in [2.45, 2.75) is 19.0 Å². The summed E-state index contributed by atoms with van der Waals surface area (Å²) in [7, 11) is 0. The quantitative estimate of drug-likeness (QED) is 0.625. The van der Waals surface area contributed by atoms with Crippen molar-refractivity contribution in [2.75, 3.05) is 4.90 Å². The summed E-state index contributed by atoms with van der Waals surface area (Å²) < 4.78 is 0. The van der Waals surface area contributed by atoms with Crippen molar-refractivity contribution in [2.24, 2.45) is 17.6 Å². The number of nitrogens with two attached hydrogens (primary N) is 1. The number of primary amides is 1. The normalized spacial score (nSPS) is 26.4. The van der Waals surface area contributed by atoms with Gasteiger partial charge in [-0.25, -0.2) is 4.90 Å². The average Bonchev–Trinajstić information content (AvgIpc) is 3.21. The van der Waals surface area contributed by atoms with Crippen LogP contribution in [0.25, 0.3) is 6.08 Å². The molecule has 0 saturated carbocycles. The monoisotopic (exact) mass is 401 g/mol. The smallest absolute Gasteiger partial charge is 0.240 e. The Morgan fingerprint density at radius 1 is 0.933 bits per heavy atom. The third-order valence-corrected chi connectivity index (χ3v) is 6.29. The molecule has 3 amide bonds. The molecule has 2 N–H and O–H groups in total. The first-order valence-electron chi connectivity index (χ1n) is 9.73. The van der Waals surface area contributed by atoms with Crippen LogP contribution in [0.2, 0.25) is 0 Å². The fourth-order valence-electron chi connectivity index (χ4n) is 4.98. The van der Waals surface area contributed by atoms with Crippen LogP contribution in [0.15, 0.2) is 54.7 Å². The number of fused-ring (bicyclic) bond motifs is 5. The van der Waals surface area contributed by atoms with Crippen LogP contribution in [0.3, 0.4) is 0 Å². The number of hydrogen-bond donors (Lipinski definition) is 1. The van der Waals surface area contributed by atoms with Crippen LogP contribution in [0, 0.1) is 11.8 Å². The molecule has 3 aliphatic rings. The summed E-state index contributed by atoms with van der Waals surface area (Å²) in [6.45, 7) is 1.45. The molecule has 150 valence electrons. The van der Waals surface area contributed by atoms with E-state index in [0.29, 0.717) is 11.3 Å². The van der Waals surface area contributed by atoms with E-state index in [2.05, 4.69) is 0 Å². The van der Waals surface area contributed by atoms with E-state index in [4.69, 9.17) is 5.73 Å². The largest absolute Gasteiger partial charge is 0.368 e. The Bertz CT molecular complexity index is 1140. The average molecular weight is 401 g/mol. The molecule has 0 aromatic heterocycles. The Hall–Kier alpha value is -3.74. The van der Waals surface area contributed by atoms with Crippen molar-refractivity contribution >= 4 is 35.3 Å². The third kappa shape index (κ3) is 2.38. The minimum Gasteiger partial charge on any atom is -0.368 e. The van der Waals surface area contributed by atoms with E-state index in [1.165, 1.54) is 6.92 Å². The topological polar surface area (TPSA) is 101 Å². The van der Waals surface area contributed by atoms with Gasteiger partial charge in [-0.15, -0.1) is 0 Å². The summed E-state index contributed by atoms with van der Waals surface area (Å²) >= 11 is 0.